The quantitative estimate of drug-likeness (QED) is 0.0253. The van der Waals surface area contributed by atoms with Gasteiger partial charge in [-0.25, -0.2) is 4.63 Å². The third kappa shape index (κ3) is 10.8. The lowest BCUT2D eigenvalue weighted by Crippen LogP contribution is -2.56. The molecule has 4 aliphatic rings. The van der Waals surface area contributed by atoms with E-state index < -0.39 is 4.92 Å². The van der Waals surface area contributed by atoms with Crippen LogP contribution in [-0.2, 0) is 30.2 Å². The Kier molecular flexibility index (Phi) is 15.5. The lowest BCUT2D eigenvalue weighted by molar-refractivity contribution is -0.383. The molecule has 0 saturated heterocycles. The van der Waals surface area contributed by atoms with Gasteiger partial charge in [0.05, 0.1) is 37.3 Å². The summed E-state index contributed by atoms with van der Waals surface area (Å²) in [4.78, 5) is 40.6. The molecule has 2 aromatic rings. The van der Waals surface area contributed by atoms with Gasteiger partial charge >= 0.3 is 11.7 Å². The predicted octanol–water partition coefficient (Wildman–Crippen LogP) is 9.27. The van der Waals surface area contributed by atoms with E-state index in [4.69, 9.17) is 24.4 Å². The van der Waals surface area contributed by atoms with Gasteiger partial charge in [0, 0.05) is 40.5 Å². The lowest BCUT2D eigenvalue weighted by atomic mass is 9.44. The maximum Gasteiger partial charge on any atom is 0.305 e. The highest BCUT2D eigenvalue weighted by Gasteiger charge is 2.60. The van der Waals surface area contributed by atoms with E-state index in [1.165, 1.54) is 44.6 Å². The van der Waals surface area contributed by atoms with E-state index in [-0.39, 0.29) is 51.8 Å². The summed E-state index contributed by atoms with van der Waals surface area (Å²) >= 11 is 1.75. The number of nitro groups is 1. The first-order valence-corrected chi connectivity index (χ1v) is 23.3. The molecule has 0 radical (unpaired) electrons. The first kappa shape index (κ1) is 46.1. The fourth-order valence-electron chi connectivity index (χ4n) is 12.0. The number of nitrogens with zero attached hydrogens (tertiary/aromatic N) is 6. The molecule has 0 bridgehead atoms. The zero-order chi connectivity index (χ0) is 43.1. The van der Waals surface area contributed by atoms with Gasteiger partial charge in [0.25, 0.3) is 0 Å². The largest absolute Gasteiger partial charge is 0.463 e. The van der Waals surface area contributed by atoms with E-state index >= 15 is 0 Å². The van der Waals surface area contributed by atoms with Crippen LogP contribution in [0.15, 0.2) is 21.9 Å². The topological polar surface area (TPSA) is 205 Å². The van der Waals surface area contributed by atoms with Gasteiger partial charge < -0.3 is 19.5 Å². The number of hydrogen-bond acceptors (Lipinski definition) is 12. The normalized spacial score (nSPS) is 29.7. The highest BCUT2D eigenvalue weighted by Crippen LogP contribution is 2.68. The number of nitro benzene ring substituents is 1. The fourth-order valence-corrected chi connectivity index (χ4v) is 13.0. The molecule has 1 amide bonds. The zero-order valence-electron chi connectivity index (χ0n) is 36.6. The average Bonchev–Trinajstić information content (AvgIpc) is 3.84. The standard InChI is InChI=1S/C44H67N7O8S/c1-28(7-14-38(52)58-24-23-57-22-21-56-20-19-46-50-45)34-11-12-35-33-10-9-31-26-32(15-17-43(31,5)36(33)16-18-44(34,35)6)47-41(53)30(27-60-42(2,3)4)25-29-8-13-37(51(54)55)40-39(29)48-59-49-40/h8,13,28,30-36H,7,9-12,14-27H2,1-6H3,(H,47,53)/t28-,30+,31-,32-,33?,34?,35?,36?,43+,44-/m1/s1. The van der Waals surface area contributed by atoms with E-state index in [9.17, 15) is 19.7 Å². The number of carbonyl (C=O) groups is 2. The van der Waals surface area contributed by atoms with Crippen LogP contribution in [0.5, 0.6) is 0 Å². The minimum Gasteiger partial charge on any atom is -0.463 e. The molecule has 0 aliphatic heterocycles. The molecule has 4 unspecified atom stereocenters. The van der Waals surface area contributed by atoms with E-state index in [1.54, 1.807) is 17.8 Å². The van der Waals surface area contributed by atoms with Gasteiger partial charge in [-0.2, -0.15) is 11.8 Å². The molecule has 10 atom stereocenters. The minimum atomic E-state index is -0.484. The van der Waals surface area contributed by atoms with Gasteiger partial charge in [0.1, 0.15) is 12.1 Å². The van der Waals surface area contributed by atoms with Crippen molar-refractivity contribution in [3.05, 3.63) is 38.3 Å². The summed E-state index contributed by atoms with van der Waals surface area (Å²) < 4.78 is 21.2. The second kappa shape index (κ2) is 20.2. The molecule has 332 valence electrons. The van der Waals surface area contributed by atoms with Crippen molar-refractivity contribution in [3.8, 4) is 0 Å². The van der Waals surface area contributed by atoms with Gasteiger partial charge in [-0.05, 0) is 144 Å². The molecule has 0 spiro atoms. The van der Waals surface area contributed by atoms with Gasteiger partial charge in [-0.1, -0.05) is 46.7 Å². The Morgan fingerprint density at radius 3 is 2.48 bits per heavy atom. The molecule has 1 aromatic carbocycles. The van der Waals surface area contributed by atoms with Crippen molar-refractivity contribution >= 4 is 40.4 Å². The molecular formula is C44H67N7O8S. The zero-order valence-corrected chi connectivity index (χ0v) is 37.4. The Morgan fingerprint density at radius 1 is 1.02 bits per heavy atom. The van der Waals surface area contributed by atoms with Crippen LogP contribution in [0.3, 0.4) is 0 Å². The van der Waals surface area contributed by atoms with Crippen molar-refractivity contribution in [1.29, 1.82) is 0 Å². The molecule has 4 fully saturated rings. The van der Waals surface area contributed by atoms with Crippen molar-refractivity contribution in [2.24, 2.45) is 57.4 Å². The molecule has 16 heteroatoms. The van der Waals surface area contributed by atoms with Crippen molar-refractivity contribution in [1.82, 2.24) is 15.6 Å². The average molecular weight is 854 g/mol. The van der Waals surface area contributed by atoms with E-state index in [0.717, 1.165) is 43.1 Å². The van der Waals surface area contributed by atoms with Crippen molar-refractivity contribution < 1.29 is 33.4 Å². The third-order valence-electron chi connectivity index (χ3n) is 15.1. The summed E-state index contributed by atoms with van der Waals surface area (Å²) in [6.45, 7) is 15.9. The number of esters is 1. The Morgan fingerprint density at radius 2 is 1.73 bits per heavy atom. The fraction of sp³-hybridized carbons (Fsp3) is 0.818. The van der Waals surface area contributed by atoms with E-state index in [0.29, 0.717) is 86.2 Å². The predicted molar refractivity (Wildman–Crippen MR) is 230 cm³/mol. The maximum atomic E-state index is 14.2. The number of thioether (sulfide) groups is 1. The van der Waals surface area contributed by atoms with Gasteiger partial charge in [-0.3, -0.25) is 19.7 Å². The number of aromatic nitrogens is 2. The number of carbonyl (C=O) groups excluding carboxylic acids is 2. The number of non-ortho nitro benzene ring substituents is 1. The molecule has 4 aliphatic carbocycles. The van der Waals surface area contributed by atoms with Gasteiger partial charge in [0.15, 0.2) is 0 Å². The van der Waals surface area contributed by atoms with Crippen LogP contribution in [0.4, 0.5) is 5.69 Å². The number of benzene rings is 1. The smallest absolute Gasteiger partial charge is 0.305 e. The monoisotopic (exact) mass is 853 g/mol. The van der Waals surface area contributed by atoms with Crippen LogP contribution < -0.4 is 5.32 Å². The van der Waals surface area contributed by atoms with Crippen LogP contribution in [-0.4, -0.2) is 83.2 Å². The number of hydrogen-bond donors (Lipinski definition) is 1. The number of ether oxygens (including phenoxy) is 3. The van der Waals surface area contributed by atoms with Crippen molar-refractivity contribution in [2.45, 2.75) is 129 Å². The van der Waals surface area contributed by atoms with Gasteiger partial charge in [0.2, 0.25) is 11.4 Å². The highest BCUT2D eigenvalue weighted by molar-refractivity contribution is 8.00. The first-order chi connectivity index (χ1) is 28.6. The number of nitrogens with one attached hydrogen (secondary N) is 1. The summed E-state index contributed by atoms with van der Waals surface area (Å²) in [5.41, 5.74) is 9.90. The van der Waals surface area contributed by atoms with Crippen LogP contribution in [0.25, 0.3) is 21.5 Å². The van der Waals surface area contributed by atoms with E-state index in [2.05, 4.69) is 67.2 Å². The second-order valence-electron chi connectivity index (χ2n) is 19.6. The number of amides is 1. The van der Waals surface area contributed by atoms with Crippen LogP contribution in [0.2, 0.25) is 0 Å². The molecule has 6 rings (SSSR count). The number of fused-ring (bicyclic) bond motifs is 6. The Hall–Kier alpha value is -3.46. The van der Waals surface area contributed by atoms with Crippen LogP contribution in [0, 0.1) is 62.4 Å². The second-order valence-corrected chi connectivity index (χ2v) is 21.4. The number of rotatable bonds is 20. The maximum absolute atomic E-state index is 14.2. The lowest BCUT2D eigenvalue weighted by Gasteiger charge is -2.61. The Labute approximate surface area is 358 Å². The minimum absolute atomic E-state index is 0.0308. The summed E-state index contributed by atoms with van der Waals surface area (Å²) in [5.74, 6) is 3.98. The van der Waals surface area contributed by atoms with Crippen LogP contribution >= 0.6 is 11.8 Å². The third-order valence-corrected chi connectivity index (χ3v) is 16.5. The summed E-state index contributed by atoms with van der Waals surface area (Å²) in [6.07, 6.45) is 12.3. The first-order valence-electron chi connectivity index (χ1n) is 22.3. The molecule has 1 heterocycles. The molecule has 4 saturated carbocycles. The molecule has 15 nitrogen and oxygen atoms in total. The molecular weight excluding hydrogens is 787 g/mol. The van der Waals surface area contributed by atoms with E-state index in [1.807, 2.05) is 0 Å². The SMILES string of the molecule is C[C@H](CCC(=O)OCCOCCOCCN=[N+]=[N-])C1CCC2C3CC[C@@H]4C[C@H](NC(=O)[C@H](CSC(C)(C)C)Cc5ccc([N+](=O)[O-])c6nonc56)CC[C@]4(C)C3CC[C@@]21C. The van der Waals surface area contributed by atoms with Gasteiger partial charge in [-0.15, -0.1) is 0 Å². The molecule has 60 heavy (non-hydrogen) atoms. The summed E-state index contributed by atoms with van der Waals surface area (Å²) in [6, 6.07) is 3.26. The Bertz CT molecular complexity index is 1850. The Balaban J connectivity index is 0.990. The highest BCUT2D eigenvalue weighted by atomic mass is 32.2. The summed E-state index contributed by atoms with van der Waals surface area (Å²) in [5, 5.41) is 26.3. The molecule has 1 aromatic heterocycles. The summed E-state index contributed by atoms with van der Waals surface area (Å²) in [7, 11) is 0. The van der Waals surface area contributed by atoms with Crippen molar-refractivity contribution in [2.75, 3.05) is 45.3 Å². The number of azide groups is 1. The van der Waals surface area contributed by atoms with Crippen LogP contribution in [0.1, 0.15) is 118 Å². The van der Waals surface area contributed by atoms with Crippen molar-refractivity contribution in [3.63, 3.8) is 0 Å². The molecule has 1 N–H and O–H groups in total.